The van der Waals surface area contributed by atoms with Gasteiger partial charge in [0.15, 0.2) is 0 Å². The van der Waals surface area contributed by atoms with Crippen molar-refractivity contribution in [3.05, 3.63) is 54.1 Å². The van der Waals surface area contributed by atoms with Gasteiger partial charge >= 0.3 is 0 Å². The number of aromatic nitrogens is 3. The molecule has 1 aliphatic rings. The number of benzene rings is 1. The Morgan fingerprint density at radius 2 is 1.74 bits per heavy atom. The van der Waals surface area contributed by atoms with Crippen molar-refractivity contribution in [1.82, 2.24) is 15.0 Å². The largest absolute Gasteiger partial charge is 0.396 e. The minimum atomic E-state index is 0.172. The first-order valence-corrected chi connectivity index (χ1v) is 9.52. The van der Waals surface area contributed by atoms with Crippen molar-refractivity contribution in [1.29, 1.82) is 0 Å². The number of hydrogen-bond acceptors (Lipinski definition) is 6. The van der Waals surface area contributed by atoms with E-state index >= 15 is 0 Å². The average Bonchev–Trinajstić information content (AvgIpc) is 2.72. The molecule has 1 aromatic carbocycles. The summed E-state index contributed by atoms with van der Waals surface area (Å²) in [5.41, 5.74) is 3.54. The van der Waals surface area contributed by atoms with Crippen molar-refractivity contribution in [2.24, 2.45) is 0 Å². The van der Waals surface area contributed by atoms with Gasteiger partial charge in [-0.1, -0.05) is 12.1 Å². The highest BCUT2D eigenvalue weighted by atomic mass is 16.2. The molecule has 1 fully saturated rings. The van der Waals surface area contributed by atoms with Crippen LogP contribution < -0.4 is 9.80 Å². The van der Waals surface area contributed by atoms with Gasteiger partial charge in [0.05, 0.1) is 5.52 Å². The van der Waals surface area contributed by atoms with Crippen molar-refractivity contribution < 1.29 is 5.11 Å². The van der Waals surface area contributed by atoms with E-state index in [1.54, 1.807) is 0 Å². The number of aliphatic hydroxyl groups is 1. The normalized spacial score (nSPS) is 14.7. The van der Waals surface area contributed by atoms with Crippen molar-refractivity contribution in [3.8, 4) is 0 Å². The molecular weight excluding hydrogens is 338 g/mol. The maximum atomic E-state index is 9.00. The smallest absolute Gasteiger partial charge is 0.132 e. The molecule has 1 aliphatic heterocycles. The second-order valence-electron chi connectivity index (χ2n) is 6.98. The van der Waals surface area contributed by atoms with Gasteiger partial charge in [-0.2, -0.15) is 0 Å². The quantitative estimate of drug-likeness (QED) is 0.752. The lowest BCUT2D eigenvalue weighted by Gasteiger charge is -2.37. The molecule has 1 N–H and O–H groups in total. The number of nitrogens with zero attached hydrogens (tertiary/aromatic N) is 5. The lowest BCUT2D eigenvalue weighted by molar-refractivity contribution is 0.287. The predicted molar refractivity (Wildman–Crippen MR) is 108 cm³/mol. The van der Waals surface area contributed by atoms with Gasteiger partial charge < -0.3 is 14.9 Å². The number of rotatable bonds is 5. The van der Waals surface area contributed by atoms with E-state index in [4.69, 9.17) is 5.11 Å². The molecule has 140 valence electrons. The fourth-order valence-electron chi connectivity index (χ4n) is 3.62. The van der Waals surface area contributed by atoms with Crippen LogP contribution in [0.15, 0.2) is 42.7 Å². The number of piperazine rings is 1. The zero-order valence-electron chi connectivity index (χ0n) is 15.7. The van der Waals surface area contributed by atoms with E-state index in [0.29, 0.717) is 12.8 Å². The first-order chi connectivity index (χ1) is 13.2. The number of fused-ring (bicyclic) bond motifs is 1. The Hall–Kier alpha value is -2.73. The Morgan fingerprint density at radius 3 is 2.56 bits per heavy atom. The minimum Gasteiger partial charge on any atom is -0.396 e. The molecule has 6 nitrogen and oxygen atoms in total. The van der Waals surface area contributed by atoms with Crippen LogP contribution in [0.2, 0.25) is 0 Å². The summed E-state index contributed by atoms with van der Waals surface area (Å²) in [6.45, 7) is 6.01. The first kappa shape index (κ1) is 17.7. The molecular formula is C21H25N5O. The van der Waals surface area contributed by atoms with E-state index < -0.39 is 0 Å². The van der Waals surface area contributed by atoms with Crippen molar-refractivity contribution in [2.45, 2.75) is 19.8 Å². The van der Waals surface area contributed by atoms with E-state index in [1.165, 1.54) is 16.6 Å². The van der Waals surface area contributed by atoms with Gasteiger partial charge in [0.1, 0.15) is 11.6 Å². The number of anilines is 2. The van der Waals surface area contributed by atoms with Crippen LogP contribution in [0.25, 0.3) is 10.9 Å². The number of aliphatic hydroxyl groups excluding tert-OH is 1. The van der Waals surface area contributed by atoms with E-state index in [0.717, 1.165) is 43.3 Å². The molecule has 0 saturated carbocycles. The summed E-state index contributed by atoms with van der Waals surface area (Å²) in [5.74, 6) is 1.78. The van der Waals surface area contributed by atoms with E-state index in [2.05, 4.69) is 55.9 Å². The Labute approximate surface area is 159 Å². The molecule has 0 aliphatic carbocycles. The molecule has 2 aromatic heterocycles. The van der Waals surface area contributed by atoms with Gasteiger partial charge in [-0.05, 0) is 37.1 Å². The van der Waals surface area contributed by atoms with Gasteiger partial charge in [0.2, 0.25) is 0 Å². The van der Waals surface area contributed by atoms with Gasteiger partial charge in [-0.25, -0.2) is 9.97 Å². The highest BCUT2D eigenvalue weighted by Gasteiger charge is 2.20. The molecule has 0 atom stereocenters. The van der Waals surface area contributed by atoms with Gasteiger partial charge in [0.25, 0.3) is 0 Å². The number of aryl methyl sites for hydroxylation is 2. The zero-order valence-corrected chi connectivity index (χ0v) is 15.7. The van der Waals surface area contributed by atoms with Gasteiger partial charge in [0, 0.05) is 62.7 Å². The first-order valence-electron chi connectivity index (χ1n) is 9.52. The van der Waals surface area contributed by atoms with Gasteiger partial charge in [-0.15, -0.1) is 0 Å². The molecule has 0 radical (unpaired) electrons. The Bertz CT molecular complexity index is 921. The van der Waals surface area contributed by atoms with Crippen molar-refractivity contribution in [2.75, 3.05) is 42.6 Å². The lowest BCUT2D eigenvalue weighted by atomic mass is 10.1. The summed E-state index contributed by atoms with van der Waals surface area (Å²) in [5, 5.41) is 10.2. The maximum absolute atomic E-state index is 9.00. The molecule has 0 spiro atoms. The van der Waals surface area contributed by atoms with Crippen LogP contribution in [0.5, 0.6) is 0 Å². The molecule has 0 amide bonds. The van der Waals surface area contributed by atoms with Crippen LogP contribution in [0.1, 0.15) is 17.8 Å². The molecule has 0 bridgehead atoms. The third kappa shape index (κ3) is 3.85. The minimum absolute atomic E-state index is 0.172. The summed E-state index contributed by atoms with van der Waals surface area (Å²) in [4.78, 5) is 18.2. The number of pyridine rings is 1. The second kappa shape index (κ2) is 7.88. The van der Waals surface area contributed by atoms with Crippen LogP contribution in [0.4, 0.5) is 11.5 Å². The predicted octanol–water partition coefficient (Wildman–Crippen LogP) is 2.58. The highest BCUT2D eigenvalue weighted by molar-refractivity contribution is 5.92. The SMILES string of the molecule is Cc1ccc2c(N3CCN(c4ccnc(CCCO)n4)CC3)ccnc2c1. The molecule has 1 saturated heterocycles. The van der Waals surface area contributed by atoms with E-state index in [-0.39, 0.29) is 6.61 Å². The molecule has 4 rings (SSSR count). The summed E-state index contributed by atoms with van der Waals surface area (Å²) >= 11 is 0. The molecule has 3 aromatic rings. The zero-order chi connectivity index (χ0) is 18.6. The van der Waals surface area contributed by atoms with Crippen LogP contribution in [0, 0.1) is 6.92 Å². The lowest BCUT2D eigenvalue weighted by Crippen LogP contribution is -2.47. The summed E-state index contributed by atoms with van der Waals surface area (Å²) in [6, 6.07) is 10.6. The summed E-state index contributed by atoms with van der Waals surface area (Å²) in [6.07, 6.45) is 5.14. The maximum Gasteiger partial charge on any atom is 0.132 e. The van der Waals surface area contributed by atoms with Crippen LogP contribution in [-0.4, -0.2) is 52.8 Å². The van der Waals surface area contributed by atoms with Crippen molar-refractivity contribution >= 4 is 22.4 Å². The molecule has 3 heterocycles. The fraction of sp³-hybridized carbons (Fsp3) is 0.381. The Morgan fingerprint density at radius 1 is 0.963 bits per heavy atom. The average molecular weight is 363 g/mol. The summed E-state index contributed by atoms with van der Waals surface area (Å²) in [7, 11) is 0. The monoisotopic (exact) mass is 363 g/mol. The second-order valence-corrected chi connectivity index (χ2v) is 6.98. The van der Waals surface area contributed by atoms with Crippen LogP contribution in [-0.2, 0) is 6.42 Å². The van der Waals surface area contributed by atoms with Crippen LogP contribution in [0.3, 0.4) is 0 Å². The molecule has 0 unspecified atom stereocenters. The van der Waals surface area contributed by atoms with Crippen molar-refractivity contribution in [3.63, 3.8) is 0 Å². The standard InChI is InChI=1S/C21H25N5O/c1-16-4-5-17-18(15-16)22-8-6-19(17)25-10-12-26(13-11-25)21-7-9-23-20(24-21)3-2-14-27/h4-9,15,27H,2-3,10-14H2,1H3. The van der Waals surface area contributed by atoms with E-state index in [9.17, 15) is 0 Å². The molecule has 6 heteroatoms. The fourth-order valence-corrected chi connectivity index (χ4v) is 3.62. The Kier molecular flexibility index (Phi) is 5.16. The summed E-state index contributed by atoms with van der Waals surface area (Å²) < 4.78 is 0. The Balaban J connectivity index is 1.48. The van der Waals surface area contributed by atoms with Gasteiger partial charge in [-0.3, -0.25) is 4.98 Å². The molecule has 27 heavy (non-hydrogen) atoms. The van der Waals surface area contributed by atoms with E-state index in [1.807, 2.05) is 18.5 Å². The topological polar surface area (TPSA) is 65.4 Å². The third-order valence-corrected chi connectivity index (χ3v) is 5.07. The highest BCUT2D eigenvalue weighted by Crippen LogP contribution is 2.27. The number of hydrogen-bond donors (Lipinski definition) is 1. The van der Waals surface area contributed by atoms with Crippen LogP contribution >= 0.6 is 0 Å². The third-order valence-electron chi connectivity index (χ3n) is 5.07.